The van der Waals surface area contributed by atoms with Crippen LogP contribution in [0.5, 0.6) is 0 Å². The van der Waals surface area contributed by atoms with Gasteiger partial charge in [0, 0.05) is 12.1 Å². The van der Waals surface area contributed by atoms with E-state index in [1.165, 1.54) is 34.9 Å². The van der Waals surface area contributed by atoms with Crippen LogP contribution in [0.3, 0.4) is 0 Å². The number of nitrogens with one attached hydrogen (secondary N) is 1. The van der Waals surface area contributed by atoms with Crippen LogP contribution in [0.25, 0.3) is 0 Å². The quantitative estimate of drug-likeness (QED) is 0.845. The van der Waals surface area contributed by atoms with E-state index in [-0.39, 0.29) is 12.3 Å². The molecular formula is C20H24N4O3. The Morgan fingerprint density at radius 1 is 1.19 bits per heavy atom. The molecule has 0 aliphatic heterocycles. The standard InChI is InChI=1S/C20H24N4O3/c1-13(20(26)27-24-12-21-11-22-24)8-9-18(25)23-19-16-6-2-4-14(16)10-15-5-3-7-17(15)19/h10-13H,2-9H2,1H3,(H,23,25). The third-order valence-corrected chi connectivity index (χ3v) is 5.53. The topological polar surface area (TPSA) is 86.1 Å². The van der Waals surface area contributed by atoms with Gasteiger partial charge in [-0.15, -0.1) is 5.10 Å². The third-order valence-electron chi connectivity index (χ3n) is 5.53. The predicted molar refractivity (Wildman–Crippen MR) is 99.1 cm³/mol. The van der Waals surface area contributed by atoms with E-state index in [0.717, 1.165) is 49.1 Å². The normalized spacial score (nSPS) is 15.9. The molecule has 2 aromatic rings. The van der Waals surface area contributed by atoms with E-state index in [0.29, 0.717) is 6.42 Å². The smallest absolute Gasteiger partial charge is 0.326 e. The minimum Gasteiger partial charge on any atom is -0.326 e. The molecule has 0 saturated carbocycles. The number of aromatic nitrogens is 3. The molecule has 1 aromatic carbocycles. The molecule has 1 atom stereocenters. The molecule has 4 rings (SSSR count). The van der Waals surface area contributed by atoms with Gasteiger partial charge in [0.2, 0.25) is 5.91 Å². The van der Waals surface area contributed by atoms with E-state index in [1.807, 2.05) is 0 Å². The molecule has 0 saturated heterocycles. The van der Waals surface area contributed by atoms with Crippen molar-refractivity contribution in [1.82, 2.24) is 14.9 Å². The lowest BCUT2D eigenvalue weighted by atomic mass is 9.98. The number of hydrogen-bond donors (Lipinski definition) is 1. The number of carbonyl (C=O) groups excluding carboxylic acids is 2. The van der Waals surface area contributed by atoms with E-state index in [2.05, 4.69) is 21.5 Å². The Labute approximate surface area is 158 Å². The lowest BCUT2D eigenvalue weighted by Crippen LogP contribution is -2.27. The van der Waals surface area contributed by atoms with Gasteiger partial charge in [-0.25, -0.2) is 9.78 Å². The molecule has 0 radical (unpaired) electrons. The average molecular weight is 368 g/mol. The first-order valence-corrected chi connectivity index (χ1v) is 9.65. The van der Waals surface area contributed by atoms with Gasteiger partial charge in [-0.1, -0.05) is 17.8 Å². The molecule has 7 nitrogen and oxygen atoms in total. The van der Waals surface area contributed by atoms with E-state index in [1.54, 1.807) is 6.92 Å². The number of rotatable bonds is 6. The summed E-state index contributed by atoms with van der Waals surface area (Å²) in [5.41, 5.74) is 6.50. The number of hydrogen-bond acceptors (Lipinski definition) is 5. The summed E-state index contributed by atoms with van der Waals surface area (Å²) in [5.74, 6) is -0.855. The summed E-state index contributed by atoms with van der Waals surface area (Å²) in [4.78, 5) is 34.4. The zero-order valence-electron chi connectivity index (χ0n) is 15.5. The molecule has 7 heteroatoms. The summed E-state index contributed by atoms with van der Waals surface area (Å²) in [6.45, 7) is 1.75. The summed E-state index contributed by atoms with van der Waals surface area (Å²) in [6, 6.07) is 2.35. The van der Waals surface area contributed by atoms with Crippen molar-refractivity contribution in [3.8, 4) is 0 Å². The highest BCUT2D eigenvalue weighted by Crippen LogP contribution is 2.38. The van der Waals surface area contributed by atoms with Gasteiger partial charge in [-0.3, -0.25) is 4.79 Å². The maximum atomic E-state index is 12.6. The first-order valence-electron chi connectivity index (χ1n) is 9.65. The number of benzene rings is 1. The van der Waals surface area contributed by atoms with Crippen LogP contribution in [0.15, 0.2) is 18.7 Å². The van der Waals surface area contributed by atoms with Crippen LogP contribution in [0.4, 0.5) is 5.69 Å². The molecule has 2 aliphatic rings. The Bertz CT molecular complexity index is 828. The minimum atomic E-state index is -0.421. The average Bonchev–Trinajstić information content (AvgIpc) is 3.40. The number of nitrogens with zero attached hydrogens (tertiary/aromatic N) is 3. The van der Waals surface area contributed by atoms with Crippen molar-refractivity contribution >= 4 is 17.6 Å². The van der Waals surface area contributed by atoms with Crippen molar-refractivity contribution < 1.29 is 14.4 Å². The van der Waals surface area contributed by atoms with Gasteiger partial charge in [-0.05, 0) is 67.2 Å². The molecule has 1 N–H and O–H groups in total. The van der Waals surface area contributed by atoms with Crippen molar-refractivity contribution in [3.63, 3.8) is 0 Å². The maximum absolute atomic E-state index is 12.6. The van der Waals surface area contributed by atoms with Gasteiger partial charge < -0.3 is 10.2 Å². The van der Waals surface area contributed by atoms with Crippen molar-refractivity contribution in [2.45, 2.75) is 58.3 Å². The fourth-order valence-corrected chi connectivity index (χ4v) is 4.06. The van der Waals surface area contributed by atoms with E-state index >= 15 is 0 Å². The minimum absolute atomic E-state index is 0.0372. The third kappa shape index (κ3) is 3.72. The second-order valence-electron chi connectivity index (χ2n) is 7.43. The lowest BCUT2D eigenvalue weighted by Gasteiger charge is -2.16. The van der Waals surface area contributed by atoms with Crippen LogP contribution in [0.1, 0.15) is 54.9 Å². The first-order chi connectivity index (χ1) is 13.1. The van der Waals surface area contributed by atoms with Crippen LogP contribution in [-0.4, -0.2) is 26.8 Å². The fraction of sp³-hybridized carbons (Fsp3) is 0.500. The molecule has 1 amide bonds. The number of amides is 1. The van der Waals surface area contributed by atoms with Crippen molar-refractivity contribution in [3.05, 3.63) is 41.0 Å². The maximum Gasteiger partial charge on any atom is 0.337 e. The second kappa shape index (κ2) is 7.50. The summed E-state index contributed by atoms with van der Waals surface area (Å²) < 4.78 is 0. The van der Waals surface area contributed by atoms with Crippen LogP contribution in [0.2, 0.25) is 0 Å². The summed E-state index contributed by atoms with van der Waals surface area (Å²) in [7, 11) is 0. The van der Waals surface area contributed by atoms with Gasteiger partial charge >= 0.3 is 5.97 Å². The highest BCUT2D eigenvalue weighted by molar-refractivity contribution is 5.93. The summed E-state index contributed by atoms with van der Waals surface area (Å²) >= 11 is 0. The largest absolute Gasteiger partial charge is 0.337 e. The Morgan fingerprint density at radius 3 is 2.52 bits per heavy atom. The molecule has 1 heterocycles. The van der Waals surface area contributed by atoms with Crippen molar-refractivity contribution in [2.75, 3.05) is 5.32 Å². The number of carbonyl (C=O) groups is 2. The van der Waals surface area contributed by atoms with Crippen LogP contribution in [0, 0.1) is 5.92 Å². The second-order valence-corrected chi connectivity index (χ2v) is 7.43. The van der Waals surface area contributed by atoms with Crippen LogP contribution < -0.4 is 10.2 Å². The van der Waals surface area contributed by atoms with Crippen LogP contribution in [-0.2, 0) is 35.3 Å². The Hall–Kier alpha value is -2.70. The number of anilines is 1. The molecule has 0 spiro atoms. The van der Waals surface area contributed by atoms with E-state index in [4.69, 9.17) is 4.84 Å². The Kier molecular flexibility index (Phi) is 4.92. The zero-order valence-corrected chi connectivity index (χ0v) is 15.5. The monoisotopic (exact) mass is 368 g/mol. The molecule has 1 unspecified atom stereocenters. The first kappa shape index (κ1) is 17.7. The van der Waals surface area contributed by atoms with Gasteiger partial charge in [0.05, 0.1) is 5.92 Å². The zero-order chi connectivity index (χ0) is 18.8. The molecule has 1 aromatic heterocycles. The SMILES string of the molecule is CC(CCC(=O)Nc1c2c(cc3c1CCC3)CCC2)C(=O)On1cncn1. The molecule has 142 valence electrons. The predicted octanol–water partition coefficient (Wildman–Crippen LogP) is 2.27. The molecule has 2 aliphatic carbocycles. The van der Waals surface area contributed by atoms with E-state index in [9.17, 15) is 9.59 Å². The Morgan fingerprint density at radius 2 is 1.89 bits per heavy atom. The molecule has 0 fully saturated rings. The Balaban J connectivity index is 1.37. The fourth-order valence-electron chi connectivity index (χ4n) is 4.06. The highest BCUT2D eigenvalue weighted by atomic mass is 16.7. The van der Waals surface area contributed by atoms with Gasteiger partial charge in [0.15, 0.2) is 6.33 Å². The molecule has 27 heavy (non-hydrogen) atoms. The van der Waals surface area contributed by atoms with Crippen molar-refractivity contribution in [1.29, 1.82) is 0 Å². The van der Waals surface area contributed by atoms with Gasteiger partial charge in [0.1, 0.15) is 6.33 Å². The highest BCUT2D eigenvalue weighted by Gasteiger charge is 2.25. The summed E-state index contributed by atoms with van der Waals surface area (Å²) in [5, 5.41) is 6.90. The van der Waals surface area contributed by atoms with Crippen LogP contribution >= 0.6 is 0 Å². The van der Waals surface area contributed by atoms with Crippen molar-refractivity contribution in [2.24, 2.45) is 5.92 Å². The summed E-state index contributed by atoms with van der Waals surface area (Å²) in [6.07, 6.45) is 9.93. The molecule has 0 bridgehead atoms. The van der Waals surface area contributed by atoms with Gasteiger partial charge in [-0.2, -0.15) is 0 Å². The van der Waals surface area contributed by atoms with E-state index < -0.39 is 11.9 Å². The lowest BCUT2D eigenvalue weighted by molar-refractivity contribution is -0.150. The van der Waals surface area contributed by atoms with Gasteiger partial charge in [0.25, 0.3) is 0 Å². The number of aryl methyl sites for hydroxylation is 2. The number of fused-ring (bicyclic) bond motifs is 2. The molecular weight excluding hydrogens is 344 g/mol.